The lowest BCUT2D eigenvalue weighted by molar-refractivity contribution is -0.142. The number of hydrogen-bond acceptors (Lipinski definition) is 6. The molecule has 0 radical (unpaired) electrons. The van der Waals surface area contributed by atoms with Crippen molar-refractivity contribution in [1.29, 1.82) is 0 Å². The molecule has 33 heavy (non-hydrogen) atoms. The number of nitrogens with one attached hydrogen (secondary N) is 1. The minimum absolute atomic E-state index is 0.0924. The van der Waals surface area contributed by atoms with E-state index in [1.54, 1.807) is 17.8 Å². The van der Waals surface area contributed by atoms with E-state index in [-0.39, 0.29) is 23.1 Å². The second-order valence-electron chi connectivity index (χ2n) is 9.94. The Kier molecular flexibility index (Phi) is 5.96. The van der Waals surface area contributed by atoms with Crippen LogP contribution < -0.4 is 5.32 Å². The van der Waals surface area contributed by atoms with Gasteiger partial charge in [0.15, 0.2) is 0 Å². The van der Waals surface area contributed by atoms with E-state index < -0.39 is 18.1 Å². The van der Waals surface area contributed by atoms with Crippen LogP contribution in [0.15, 0.2) is 42.9 Å². The summed E-state index contributed by atoms with van der Waals surface area (Å²) in [7, 11) is 0. The predicted octanol–water partition coefficient (Wildman–Crippen LogP) is 4.80. The van der Waals surface area contributed by atoms with Crippen molar-refractivity contribution in [2.45, 2.75) is 64.7 Å². The van der Waals surface area contributed by atoms with E-state index in [1.807, 2.05) is 31.3 Å². The first kappa shape index (κ1) is 23.3. The van der Waals surface area contributed by atoms with E-state index >= 15 is 0 Å². The van der Waals surface area contributed by atoms with E-state index in [9.17, 15) is 19.0 Å². The number of aliphatic hydroxyl groups is 2. The largest absolute Gasteiger partial charge is 0.388 e. The Hall–Kier alpha value is -2.91. The summed E-state index contributed by atoms with van der Waals surface area (Å²) in [5.74, 6) is 0.0924. The van der Waals surface area contributed by atoms with Gasteiger partial charge in [0, 0.05) is 23.6 Å². The smallest absolute Gasteiger partial charge is 0.280 e. The highest BCUT2D eigenvalue weighted by Crippen LogP contribution is 2.46. The molecule has 3 atom stereocenters. The third kappa shape index (κ3) is 5.04. The molecular formula is C24H29F2N5O2. The molecule has 1 aliphatic carbocycles. The van der Waals surface area contributed by atoms with Gasteiger partial charge in [-0.3, -0.25) is 4.68 Å². The third-order valence-corrected chi connectivity index (χ3v) is 6.11. The molecule has 1 aromatic carbocycles. The Balaban J connectivity index is 1.61. The molecule has 3 unspecified atom stereocenters. The molecule has 0 bridgehead atoms. The van der Waals surface area contributed by atoms with Crippen LogP contribution >= 0.6 is 0 Å². The molecule has 0 spiro atoms. The van der Waals surface area contributed by atoms with Gasteiger partial charge in [0.1, 0.15) is 11.8 Å². The Labute approximate surface area is 191 Å². The number of aryl methyl sites for hydroxylation is 1. The number of alkyl halides is 2. The predicted molar refractivity (Wildman–Crippen MR) is 121 cm³/mol. The van der Waals surface area contributed by atoms with Gasteiger partial charge in [-0.1, -0.05) is 19.9 Å². The molecule has 7 nitrogen and oxygen atoms in total. The molecule has 0 amide bonds. The van der Waals surface area contributed by atoms with Gasteiger partial charge in [0.25, 0.3) is 6.43 Å². The van der Waals surface area contributed by atoms with Crippen LogP contribution in [0.5, 0.6) is 0 Å². The summed E-state index contributed by atoms with van der Waals surface area (Å²) in [5, 5.41) is 29.0. The van der Waals surface area contributed by atoms with Crippen molar-refractivity contribution in [3.05, 3.63) is 54.1 Å². The standard InChI is InChI=1S/C24H29F2N5O2/c1-14-7-15(9-17(8-14)29-22-27-6-5-18(30-22)21(25)26)16-11-28-31(12-16)19-10-23(2,3)13-24(4,33)20(19)32/h5-9,11-12,19-21,32-33H,10,13H2,1-4H3,(H,27,29,30). The van der Waals surface area contributed by atoms with Crippen molar-refractivity contribution in [2.75, 3.05) is 5.32 Å². The first-order valence-electron chi connectivity index (χ1n) is 10.9. The maximum Gasteiger partial charge on any atom is 0.280 e. The highest BCUT2D eigenvalue weighted by Gasteiger charge is 2.48. The summed E-state index contributed by atoms with van der Waals surface area (Å²) >= 11 is 0. The van der Waals surface area contributed by atoms with Gasteiger partial charge in [-0.25, -0.2) is 18.7 Å². The molecule has 176 valence electrons. The van der Waals surface area contributed by atoms with Crippen LogP contribution in [-0.4, -0.2) is 41.7 Å². The number of anilines is 2. The molecule has 0 aliphatic heterocycles. The molecule has 2 heterocycles. The summed E-state index contributed by atoms with van der Waals surface area (Å²) in [5.41, 5.74) is 1.62. The van der Waals surface area contributed by atoms with E-state index in [0.717, 1.165) is 16.7 Å². The molecular weight excluding hydrogens is 428 g/mol. The van der Waals surface area contributed by atoms with Crippen molar-refractivity contribution in [3.8, 4) is 11.1 Å². The Morgan fingerprint density at radius 2 is 1.94 bits per heavy atom. The fourth-order valence-corrected chi connectivity index (χ4v) is 4.85. The number of halogens is 2. The minimum Gasteiger partial charge on any atom is -0.388 e. The number of hydrogen-bond donors (Lipinski definition) is 3. The zero-order valence-corrected chi connectivity index (χ0v) is 19.1. The first-order chi connectivity index (χ1) is 15.4. The topological polar surface area (TPSA) is 96.1 Å². The third-order valence-electron chi connectivity index (χ3n) is 6.11. The minimum atomic E-state index is -2.67. The van der Waals surface area contributed by atoms with Gasteiger partial charge in [-0.05, 0) is 61.4 Å². The van der Waals surface area contributed by atoms with Crippen LogP contribution in [0.25, 0.3) is 11.1 Å². The fourth-order valence-electron chi connectivity index (χ4n) is 4.85. The monoisotopic (exact) mass is 457 g/mol. The van der Waals surface area contributed by atoms with Crippen molar-refractivity contribution in [1.82, 2.24) is 19.7 Å². The normalized spacial score (nSPS) is 24.8. The zero-order valence-electron chi connectivity index (χ0n) is 19.1. The molecule has 3 aromatic rings. The van der Waals surface area contributed by atoms with Crippen molar-refractivity contribution < 1.29 is 19.0 Å². The molecule has 1 aliphatic rings. The van der Waals surface area contributed by atoms with Gasteiger partial charge >= 0.3 is 0 Å². The lowest BCUT2D eigenvalue weighted by Crippen LogP contribution is -2.53. The van der Waals surface area contributed by atoms with Crippen molar-refractivity contribution in [2.24, 2.45) is 5.41 Å². The van der Waals surface area contributed by atoms with Crippen LogP contribution in [0.3, 0.4) is 0 Å². The lowest BCUT2D eigenvalue weighted by atomic mass is 9.67. The van der Waals surface area contributed by atoms with Crippen LogP contribution in [0.1, 0.15) is 57.3 Å². The number of rotatable bonds is 5. The van der Waals surface area contributed by atoms with Crippen LogP contribution in [-0.2, 0) is 0 Å². The molecule has 2 aromatic heterocycles. The van der Waals surface area contributed by atoms with Gasteiger partial charge < -0.3 is 15.5 Å². The number of benzene rings is 1. The average Bonchev–Trinajstić information content (AvgIpc) is 3.20. The summed E-state index contributed by atoms with van der Waals surface area (Å²) < 4.78 is 27.6. The Morgan fingerprint density at radius 1 is 1.18 bits per heavy atom. The van der Waals surface area contributed by atoms with E-state index in [4.69, 9.17) is 0 Å². The number of aromatic nitrogens is 4. The van der Waals surface area contributed by atoms with Crippen molar-refractivity contribution >= 4 is 11.6 Å². The lowest BCUT2D eigenvalue weighted by Gasteiger charge is -2.47. The molecule has 9 heteroatoms. The summed E-state index contributed by atoms with van der Waals surface area (Å²) in [6, 6.07) is 6.55. The first-order valence-corrected chi connectivity index (χ1v) is 10.9. The maximum absolute atomic E-state index is 13.0. The molecule has 3 N–H and O–H groups in total. The molecule has 0 saturated heterocycles. The highest BCUT2D eigenvalue weighted by molar-refractivity contribution is 5.70. The average molecular weight is 458 g/mol. The molecule has 4 rings (SSSR count). The van der Waals surface area contributed by atoms with E-state index in [2.05, 4.69) is 34.2 Å². The van der Waals surface area contributed by atoms with Crippen LogP contribution in [0.2, 0.25) is 0 Å². The van der Waals surface area contributed by atoms with Crippen LogP contribution in [0.4, 0.5) is 20.4 Å². The Morgan fingerprint density at radius 3 is 2.67 bits per heavy atom. The summed E-state index contributed by atoms with van der Waals surface area (Å²) in [6.07, 6.45) is 2.45. The fraction of sp³-hybridized carbons (Fsp3) is 0.458. The second kappa shape index (κ2) is 8.46. The molecule has 1 saturated carbocycles. The maximum atomic E-state index is 13.0. The zero-order chi connectivity index (χ0) is 24.0. The van der Waals surface area contributed by atoms with Gasteiger partial charge in [0.2, 0.25) is 5.95 Å². The highest BCUT2D eigenvalue weighted by atomic mass is 19.3. The second-order valence-corrected chi connectivity index (χ2v) is 9.94. The Bertz CT molecular complexity index is 1150. The van der Waals surface area contributed by atoms with Gasteiger partial charge in [-0.2, -0.15) is 5.10 Å². The SMILES string of the molecule is Cc1cc(Nc2nccc(C(F)F)n2)cc(-c2cnn(C3CC(C)(C)CC(C)(O)C3O)c2)c1. The van der Waals surface area contributed by atoms with Crippen LogP contribution in [0, 0.1) is 12.3 Å². The number of aliphatic hydroxyl groups excluding tert-OH is 1. The van der Waals surface area contributed by atoms with Gasteiger partial charge in [-0.15, -0.1) is 0 Å². The molecule has 1 fully saturated rings. The quantitative estimate of drug-likeness (QED) is 0.509. The van der Waals surface area contributed by atoms with E-state index in [0.29, 0.717) is 18.5 Å². The summed E-state index contributed by atoms with van der Waals surface area (Å²) in [4.78, 5) is 7.89. The van der Waals surface area contributed by atoms with E-state index in [1.165, 1.54) is 12.3 Å². The summed E-state index contributed by atoms with van der Waals surface area (Å²) in [6.45, 7) is 7.75. The van der Waals surface area contributed by atoms with Crippen molar-refractivity contribution in [3.63, 3.8) is 0 Å². The van der Waals surface area contributed by atoms with Gasteiger partial charge in [0.05, 0.1) is 17.8 Å². The number of nitrogens with zero attached hydrogens (tertiary/aromatic N) is 4.